The number of amides is 1. The number of halogens is 1. The van der Waals surface area contributed by atoms with Crippen LogP contribution >= 0.6 is 22.9 Å². The quantitative estimate of drug-likeness (QED) is 0.357. The highest BCUT2D eigenvalue weighted by atomic mass is 35.5. The number of thiophene rings is 1. The zero-order valence-electron chi connectivity index (χ0n) is 21.3. The first-order chi connectivity index (χ1) is 18.2. The maximum atomic E-state index is 13.2. The molecular weight excluding hydrogens is 528 g/mol. The van der Waals surface area contributed by atoms with Gasteiger partial charge in [0.05, 0.1) is 28.4 Å². The van der Waals surface area contributed by atoms with Crippen molar-refractivity contribution in [1.82, 2.24) is 9.97 Å². The van der Waals surface area contributed by atoms with Gasteiger partial charge in [0, 0.05) is 24.1 Å². The van der Waals surface area contributed by atoms with E-state index in [0.29, 0.717) is 39.5 Å². The fourth-order valence-electron chi connectivity index (χ4n) is 4.20. The van der Waals surface area contributed by atoms with Crippen molar-refractivity contribution in [2.45, 2.75) is 45.4 Å². The summed E-state index contributed by atoms with van der Waals surface area (Å²) in [5.74, 6) is 1.30. The number of esters is 1. The zero-order valence-corrected chi connectivity index (χ0v) is 22.9. The molecule has 3 aromatic rings. The lowest BCUT2D eigenvalue weighted by Gasteiger charge is -2.23. The van der Waals surface area contributed by atoms with Crippen LogP contribution in [0.25, 0.3) is 10.7 Å². The highest BCUT2D eigenvalue weighted by Crippen LogP contribution is 2.40. The number of ether oxygens (including phenoxy) is 3. The number of hydrogen-bond acceptors (Lipinski definition) is 9. The number of anilines is 1. The Bertz CT molecular complexity index is 1340. The Morgan fingerprint density at radius 1 is 1.21 bits per heavy atom. The van der Waals surface area contributed by atoms with Crippen molar-refractivity contribution in [3.63, 3.8) is 0 Å². The number of aromatic nitrogens is 2. The Hall–Kier alpha value is -3.21. The minimum atomic E-state index is -0.666. The molecule has 0 saturated heterocycles. The topological polar surface area (TPSA) is 117 Å². The number of fused-ring (bicyclic) bond motifs is 1. The maximum absolute atomic E-state index is 13.2. The summed E-state index contributed by atoms with van der Waals surface area (Å²) in [6.07, 6.45) is 4.68. The average Bonchev–Trinajstić information content (AvgIpc) is 3.60. The lowest BCUT2D eigenvalue weighted by molar-refractivity contribution is -0.154. The molecule has 0 unspecified atom stereocenters. The van der Waals surface area contributed by atoms with Crippen LogP contribution in [0.15, 0.2) is 36.7 Å². The van der Waals surface area contributed by atoms with Crippen molar-refractivity contribution in [3.05, 3.63) is 52.1 Å². The van der Waals surface area contributed by atoms with Gasteiger partial charge < -0.3 is 24.8 Å². The molecule has 2 aromatic heterocycles. The lowest BCUT2D eigenvalue weighted by Crippen LogP contribution is -2.40. The van der Waals surface area contributed by atoms with Crippen LogP contribution in [-0.4, -0.2) is 47.7 Å². The van der Waals surface area contributed by atoms with Crippen LogP contribution in [0.5, 0.6) is 11.5 Å². The molecule has 2 atom stereocenters. The first-order valence-corrected chi connectivity index (χ1v) is 13.6. The van der Waals surface area contributed by atoms with Gasteiger partial charge in [-0.15, -0.1) is 11.3 Å². The second kappa shape index (κ2) is 10.9. The van der Waals surface area contributed by atoms with E-state index in [2.05, 4.69) is 9.97 Å². The molecule has 0 radical (unpaired) electrons. The third kappa shape index (κ3) is 5.48. The lowest BCUT2D eigenvalue weighted by atomic mass is 10.1. The first-order valence-electron chi connectivity index (χ1n) is 12.4. The minimum Gasteiger partial charge on any atom is -0.493 e. The summed E-state index contributed by atoms with van der Waals surface area (Å²) in [6.45, 7) is 4.40. The van der Waals surface area contributed by atoms with Gasteiger partial charge in [-0.3, -0.25) is 9.59 Å². The predicted octanol–water partition coefficient (Wildman–Crippen LogP) is 4.71. The standard InChI is InChI=1S/C27H29ClN4O5S/c1-14(2)23(29)27(34)37-21(15-4-5-15)13-36-19-7-6-18(9-20(19)35-3)32-12-16-8-22(38-24(16)26(32)33)25-30-10-17(28)11-31-25/h6-11,14-15,21,23H,4-5,12-13,29H2,1-3H3/t21-,23-/m0/s1. The average molecular weight is 557 g/mol. The highest BCUT2D eigenvalue weighted by molar-refractivity contribution is 7.17. The van der Waals surface area contributed by atoms with E-state index >= 15 is 0 Å². The summed E-state index contributed by atoms with van der Waals surface area (Å²) < 4.78 is 17.3. The van der Waals surface area contributed by atoms with E-state index < -0.39 is 12.0 Å². The third-order valence-corrected chi connectivity index (χ3v) is 8.04. The molecule has 1 fully saturated rings. The van der Waals surface area contributed by atoms with Crippen LogP contribution in [-0.2, 0) is 16.1 Å². The summed E-state index contributed by atoms with van der Waals surface area (Å²) in [6, 6.07) is 6.65. The van der Waals surface area contributed by atoms with Crippen molar-refractivity contribution in [2.24, 2.45) is 17.6 Å². The third-order valence-electron chi connectivity index (χ3n) is 6.69. The highest BCUT2D eigenvalue weighted by Gasteiger charge is 2.36. The number of benzene rings is 1. The van der Waals surface area contributed by atoms with Crippen molar-refractivity contribution in [2.75, 3.05) is 18.6 Å². The van der Waals surface area contributed by atoms with Crippen LogP contribution < -0.4 is 20.1 Å². The molecule has 1 aliphatic heterocycles. The number of nitrogens with zero attached hydrogens (tertiary/aromatic N) is 3. The molecule has 5 rings (SSSR count). The second-order valence-electron chi connectivity index (χ2n) is 9.81. The number of rotatable bonds is 10. The first kappa shape index (κ1) is 26.4. The molecule has 1 aliphatic carbocycles. The number of nitrogens with two attached hydrogens (primary N) is 1. The minimum absolute atomic E-state index is 0.00804. The molecule has 2 aliphatic rings. The molecule has 1 saturated carbocycles. The van der Waals surface area contributed by atoms with E-state index in [1.54, 1.807) is 24.1 Å². The van der Waals surface area contributed by atoms with E-state index in [9.17, 15) is 9.59 Å². The summed E-state index contributed by atoms with van der Waals surface area (Å²) in [4.78, 5) is 37.3. The molecule has 9 nitrogen and oxygen atoms in total. The number of carbonyl (C=O) groups is 2. The van der Waals surface area contributed by atoms with Crippen LogP contribution in [0.4, 0.5) is 5.69 Å². The number of carbonyl (C=O) groups excluding carboxylic acids is 2. The van der Waals surface area contributed by atoms with Crippen molar-refractivity contribution in [1.29, 1.82) is 0 Å². The number of methoxy groups -OCH3 is 1. The van der Waals surface area contributed by atoms with E-state index in [4.69, 9.17) is 31.5 Å². The molecule has 3 heterocycles. The summed E-state index contributed by atoms with van der Waals surface area (Å²) >= 11 is 7.25. The van der Waals surface area contributed by atoms with Gasteiger partial charge in [0.15, 0.2) is 17.3 Å². The van der Waals surface area contributed by atoms with Crippen LogP contribution in [0.2, 0.25) is 5.02 Å². The van der Waals surface area contributed by atoms with Gasteiger partial charge in [0.2, 0.25) is 0 Å². The van der Waals surface area contributed by atoms with Gasteiger partial charge in [0.1, 0.15) is 18.8 Å². The predicted molar refractivity (Wildman–Crippen MR) is 145 cm³/mol. The van der Waals surface area contributed by atoms with E-state index in [0.717, 1.165) is 23.3 Å². The van der Waals surface area contributed by atoms with E-state index in [-0.39, 0.29) is 30.5 Å². The Kier molecular flexibility index (Phi) is 7.56. The molecule has 0 bridgehead atoms. The molecular formula is C27H29ClN4O5S. The second-order valence-corrected chi connectivity index (χ2v) is 11.3. The van der Waals surface area contributed by atoms with Crippen LogP contribution in [0.3, 0.4) is 0 Å². The number of hydrogen-bond donors (Lipinski definition) is 1. The largest absolute Gasteiger partial charge is 0.493 e. The molecule has 0 spiro atoms. The molecule has 200 valence electrons. The molecule has 38 heavy (non-hydrogen) atoms. The van der Waals surface area contributed by atoms with E-state index in [1.165, 1.54) is 23.7 Å². The van der Waals surface area contributed by atoms with Crippen LogP contribution in [0.1, 0.15) is 41.9 Å². The van der Waals surface area contributed by atoms with Gasteiger partial charge >= 0.3 is 5.97 Å². The summed E-state index contributed by atoms with van der Waals surface area (Å²) in [5, 5.41) is 0.459. The Labute approximate surface area is 229 Å². The van der Waals surface area contributed by atoms with Gasteiger partial charge in [-0.2, -0.15) is 0 Å². The molecule has 2 N–H and O–H groups in total. The molecule has 1 aromatic carbocycles. The Morgan fingerprint density at radius 3 is 2.58 bits per heavy atom. The maximum Gasteiger partial charge on any atom is 0.323 e. The molecule has 1 amide bonds. The monoisotopic (exact) mass is 556 g/mol. The SMILES string of the molecule is COc1cc(N2Cc3cc(-c4ncc(Cl)cn4)sc3C2=O)ccc1OC[C@H](OC(=O)[C@@H](N)C(C)C)C1CC1. The van der Waals surface area contributed by atoms with E-state index in [1.807, 2.05) is 26.0 Å². The smallest absolute Gasteiger partial charge is 0.323 e. The Morgan fingerprint density at radius 2 is 1.95 bits per heavy atom. The summed E-state index contributed by atoms with van der Waals surface area (Å²) in [7, 11) is 1.55. The Balaban J connectivity index is 1.26. The van der Waals surface area contributed by atoms with Crippen molar-refractivity contribution >= 4 is 40.5 Å². The van der Waals surface area contributed by atoms with Gasteiger partial charge in [-0.25, -0.2) is 9.97 Å². The van der Waals surface area contributed by atoms with Gasteiger partial charge in [-0.05, 0) is 48.4 Å². The van der Waals surface area contributed by atoms with Crippen molar-refractivity contribution < 1.29 is 23.8 Å². The van der Waals surface area contributed by atoms with Crippen LogP contribution in [0, 0.1) is 11.8 Å². The fourth-order valence-corrected chi connectivity index (χ4v) is 5.37. The van der Waals surface area contributed by atoms with Gasteiger partial charge in [-0.1, -0.05) is 25.4 Å². The fraction of sp³-hybridized carbons (Fsp3) is 0.407. The summed E-state index contributed by atoms with van der Waals surface area (Å²) in [5.41, 5.74) is 7.57. The van der Waals surface area contributed by atoms with Crippen molar-refractivity contribution in [3.8, 4) is 22.2 Å². The van der Waals surface area contributed by atoms with Gasteiger partial charge in [0.25, 0.3) is 5.91 Å². The normalized spacial score (nSPS) is 16.4. The zero-order chi connectivity index (χ0) is 27.0. The molecule has 11 heteroatoms.